The van der Waals surface area contributed by atoms with Crippen molar-refractivity contribution >= 4 is 57.4 Å². The van der Waals surface area contributed by atoms with Crippen molar-refractivity contribution in [2.75, 3.05) is 0 Å². The van der Waals surface area contributed by atoms with Crippen molar-refractivity contribution in [3.8, 4) is 0 Å². The van der Waals surface area contributed by atoms with E-state index in [1.54, 1.807) is 12.1 Å². The standard InChI is InChI=1S/C6H4Cl2.C6H5Cl.C6H5I/c7-5-3-1-2-4-6(5)8;2*7-6-4-2-1-3-5-6/h1-4H;2*1-5H. The Labute approximate surface area is 160 Å². The summed E-state index contributed by atoms with van der Waals surface area (Å²) in [5.41, 5.74) is 0. The van der Waals surface area contributed by atoms with Gasteiger partial charge in [-0.3, -0.25) is 0 Å². The SMILES string of the molecule is Clc1ccccc1.Clc1ccccc1Cl.Ic1ccccc1. The second-order valence-corrected chi connectivity index (χ2v) is 6.50. The van der Waals surface area contributed by atoms with E-state index >= 15 is 0 Å². The number of hydrogen-bond acceptors (Lipinski definition) is 0. The second-order valence-electron chi connectivity index (χ2n) is 4.01. The molecule has 0 heterocycles. The molecule has 0 aliphatic carbocycles. The summed E-state index contributed by atoms with van der Waals surface area (Å²) in [5.74, 6) is 0. The fourth-order valence-electron chi connectivity index (χ4n) is 1.27. The molecule has 0 radical (unpaired) electrons. The molecule has 0 aliphatic rings. The average Bonchev–Trinajstić information content (AvgIpc) is 2.53. The molecule has 3 rings (SSSR count). The lowest BCUT2D eigenvalue weighted by atomic mass is 10.4. The molecule has 0 atom stereocenters. The first-order valence-electron chi connectivity index (χ1n) is 6.40. The Morgan fingerprint density at radius 2 is 0.864 bits per heavy atom. The third kappa shape index (κ3) is 9.31. The Morgan fingerprint density at radius 1 is 0.500 bits per heavy atom. The summed E-state index contributed by atoms with van der Waals surface area (Å²) in [7, 11) is 0. The van der Waals surface area contributed by atoms with E-state index in [0.717, 1.165) is 5.02 Å². The summed E-state index contributed by atoms with van der Waals surface area (Å²) in [6, 6.07) is 26.8. The Hall–Kier alpha value is -0.740. The van der Waals surface area contributed by atoms with E-state index in [2.05, 4.69) is 34.7 Å². The van der Waals surface area contributed by atoms with Crippen molar-refractivity contribution in [3.05, 3.63) is 104 Å². The summed E-state index contributed by atoms with van der Waals surface area (Å²) < 4.78 is 1.29. The van der Waals surface area contributed by atoms with Gasteiger partial charge in [-0.15, -0.1) is 0 Å². The van der Waals surface area contributed by atoms with Crippen molar-refractivity contribution < 1.29 is 0 Å². The topological polar surface area (TPSA) is 0 Å². The summed E-state index contributed by atoms with van der Waals surface area (Å²) in [6.45, 7) is 0. The average molecular weight is 464 g/mol. The van der Waals surface area contributed by atoms with E-state index in [0.29, 0.717) is 10.0 Å². The quantitative estimate of drug-likeness (QED) is 0.301. The zero-order chi connectivity index (χ0) is 16.2. The zero-order valence-electron chi connectivity index (χ0n) is 11.6. The van der Waals surface area contributed by atoms with Crippen molar-refractivity contribution in [1.82, 2.24) is 0 Å². The van der Waals surface area contributed by atoms with Gasteiger partial charge in [0.15, 0.2) is 0 Å². The first-order chi connectivity index (χ1) is 10.6. The minimum absolute atomic E-state index is 0.606. The molecule has 0 bridgehead atoms. The van der Waals surface area contributed by atoms with Gasteiger partial charge in [-0.25, -0.2) is 0 Å². The third-order valence-corrected chi connectivity index (χ3v) is 4.02. The molecule has 4 heteroatoms. The van der Waals surface area contributed by atoms with Crippen LogP contribution in [0.25, 0.3) is 0 Å². The van der Waals surface area contributed by atoms with E-state index in [1.807, 2.05) is 60.7 Å². The van der Waals surface area contributed by atoms with E-state index in [9.17, 15) is 0 Å². The van der Waals surface area contributed by atoms with Gasteiger partial charge in [0.1, 0.15) is 0 Å². The normalized spacial score (nSPS) is 8.91. The van der Waals surface area contributed by atoms with Crippen LogP contribution in [0.2, 0.25) is 15.1 Å². The molecule has 0 spiro atoms. The Bertz CT molecular complexity index is 584. The highest BCUT2D eigenvalue weighted by molar-refractivity contribution is 14.1. The predicted molar refractivity (Wildman–Crippen MR) is 107 cm³/mol. The lowest BCUT2D eigenvalue weighted by molar-refractivity contribution is 1.65. The van der Waals surface area contributed by atoms with Crippen LogP contribution < -0.4 is 0 Å². The predicted octanol–water partition coefficient (Wildman–Crippen LogP) is 7.62. The lowest BCUT2D eigenvalue weighted by Gasteiger charge is -1.88. The Kier molecular flexibility index (Phi) is 10.3. The highest BCUT2D eigenvalue weighted by atomic mass is 127. The van der Waals surface area contributed by atoms with Gasteiger partial charge in [0.25, 0.3) is 0 Å². The summed E-state index contributed by atoms with van der Waals surface area (Å²) in [6.07, 6.45) is 0. The molecular formula is C18H14Cl3I. The monoisotopic (exact) mass is 462 g/mol. The zero-order valence-corrected chi connectivity index (χ0v) is 16.0. The van der Waals surface area contributed by atoms with Crippen LogP contribution in [-0.4, -0.2) is 0 Å². The minimum Gasteiger partial charge on any atom is -0.0843 e. The molecule has 0 fully saturated rings. The highest BCUT2D eigenvalue weighted by Crippen LogP contribution is 2.19. The summed E-state index contributed by atoms with van der Waals surface area (Å²) in [5, 5.41) is 2.01. The molecule has 3 aromatic rings. The van der Waals surface area contributed by atoms with Gasteiger partial charge in [0.05, 0.1) is 10.0 Å². The smallest absolute Gasteiger partial charge is 0.0592 e. The summed E-state index contributed by atoms with van der Waals surface area (Å²) >= 11 is 19.0. The van der Waals surface area contributed by atoms with Crippen LogP contribution in [0.1, 0.15) is 0 Å². The van der Waals surface area contributed by atoms with Crippen LogP contribution in [0.5, 0.6) is 0 Å². The first kappa shape index (κ1) is 19.3. The summed E-state index contributed by atoms with van der Waals surface area (Å²) in [4.78, 5) is 0. The molecule has 0 unspecified atom stereocenters. The van der Waals surface area contributed by atoms with E-state index < -0.39 is 0 Å². The van der Waals surface area contributed by atoms with Gasteiger partial charge in [-0.2, -0.15) is 0 Å². The fraction of sp³-hybridized carbons (Fsp3) is 0. The van der Waals surface area contributed by atoms with Gasteiger partial charge in [0.2, 0.25) is 0 Å². The first-order valence-corrected chi connectivity index (χ1v) is 8.62. The third-order valence-electron chi connectivity index (χ3n) is 2.29. The van der Waals surface area contributed by atoms with Crippen molar-refractivity contribution in [2.45, 2.75) is 0 Å². The molecule has 0 nitrogen and oxygen atoms in total. The maximum atomic E-state index is 5.58. The van der Waals surface area contributed by atoms with Crippen LogP contribution in [-0.2, 0) is 0 Å². The number of benzene rings is 3. The maximum Gasteiger partial charge on any atom is 0.0592 e. The van der Waals surface area contributed by atoms with E-state index in [1.165, 1.54) is 3.57 Å². The van der Waals surface area contributed by atoms with E-state index in [4.69, 9.17) is 34.8 Å². The second kappa shape index (κ2) is 11.8. The van der Waals surface area contributed by atoms with E-state index in [-0.39, 0.29) is 0 Å². The lowest BCUT2D eigenvalue weighted by Crippen LogP contribution is -1.62. The van der Waals surface area contributed by atoms with Gasteiger partial charge in [-0.1, -0.05) is 83.3 Å². The van der Waals surface area contributed by atoms with Crippen LogP contribution in [0.15, 0.2) is 84.9 Å². The van der Waals surface area contributed by atoms with Crippen LogP contribution in [0.3, 0.4) is 0 Å². The molecule has 3 aromatic carbocycles. The molecule has 0 saturated heterocycles. The highest BCUT2D eigenvalue weighted by Gasteiger charge is 1.89. The number of halogens is 4. The maximum absolute atomic E-state index is 5.58. The Balaban J connectivity index is 0.000000166. The molecule has 0 aliphatic heterocycles. The number of hydrogen-bond donors (Lipinski definition) is 0. The number of rotatable bonds is 0. The molecule has 0 saturated carbocycles. The van der Waals surface area contributed by atoms with Crippen LogP contribution >= 0.6 is 57.4 Å². The van der Waals surface area contributed by atoms with Gasteiger partial charge in [0, 0.05) is 8.59 Å². The van der Waals surface area contributed by atoms with Crippen molar-refractivity contribution in [3.63, 3.8) is 0 Å². The van der Waals surface area contributed by atoms with Gasteiger partial charge < -0.3 is 0 Å². The molecule has 0 aromatic heterocycles. The largest absolute Gasteiger partial charge is 0.0843 e. The van der Waals surface area contributed by atoms with Gasteiger partial charge >= 0.3 is 0 Å². The van der Waals surface area contributed by atoms with Crippen LogP contribution in [0.4, 0.5) is 0 Å². The fourth-order valence-corrected chi connectivity index (χ4v) is 2.10. The van der Waals surface area contributed by atoms with Crippen molar-refractivity contribution in [2.24, 2.45) is 0 Å². The van der Waals surface area contributed by atoms with Crippen molar-refractivity contribution in [1.29, 1.82) is 0 Å². The molecular weight excluding hydrogens is 449 g/mol. The van der Waals surface area contributed by atoms with Gasteiger partial charge in [-0.05, 0) is 59.0 Å². The molecule has 114 valence electrons. The minimum atomic E-state index is 0.606. The van der Waals surface area contributed by atoms with Crippen LogP contribution in [0, 0.1) is 3.57 Å². The molecule has 0 N–H and O–H groups in total. The molecule has 0 amide bonds. The Morgan fingerprint density at radius 3 is 1.09 bits per heavy atom. The molecule has 22 heavy (non-hydrogen) atoms.